The second-order valence-corrected chi connectivity index (χ2v) is 6.61. The largest absolute Gasteiger partial charge is 0.497 e. The molecule has 1 aromatic carbocycles. The zero-order chi connectivity index (χ0) is 19.5. The lowest BCUT2D eigenvalue weighted by molar-refractivity contribution is 0.0740. The lowest BCUT2D eigenvalue weighted by Crippen LogP contribution is -2.49. The summed E-state index contributed by atoms with van der Waals surface area (Å²) in [7, 11) is 1.63. The van der Waals surface area contributed by atoms with Gasteiger partial charge in [0.1, 0.15) is 5.75 Å². The number of hydrogen-bond acceptors (Lipinski definition) is 6. The molecule has 0 spiro atoms. The van der Waals surface area contributed by atoms with Gasteiger partial charge in [-0.2, -0.15) is 5.10 Å². The highest BCUT2D eigenvalue weighted by Crippen LogP contribution is 2.18. The quantitative estimate of drug-likeness (QED) is 0.691. The molecule has 28 heavy (non-hydrogen) atoms. The Kier molecular flexibility index (Phi) is 4.92. The summed E-state index contributed by atoms with van der Waals surface area (Å²) in [5, 5.41) is 4.53. The Labute approximate surface area is 163 Å². The SMILES string of the molecule is COc1ccc(-n2nc(C(=O)N3CCN(c4ncccn4)CC3)cc2C)cc1. The maximum Gasteiger partial charge on any atom is 0.274 e. The van der Waals surface area contributed by atoms with E-state index in [-0.39, 0.29) is 5.91 Å². The van der Waals surface area contributed by atoms with Crippen molar-refractivity contribution in [3.63, 3.8) is 0 Å². The van der Waals surface area contributed by atoms with Crippen LogP contribution in [0.5, 0.6) is 5.75 Å². The maximum absolute atomic E-state index is 12.9. The van der Waals surface area contributed by atoms with Crippen LogP contribution in [0.15, 0.2) is 48.8 Å². The van der Waals surface area contributed by atoms with Gasteiger partial charge in [-0.1, -0.05) is 0 Å². The van der Waals surface area contributed by atoms with Crippen LogP contribution in [0.25, 0.3) is 5.69 Å². The molecule has 3 aromatic rings. The molecule has 1 amide bonds. The van der Waals surface area contributed by atoms with Gasteiger partial charge in [0.2, 0.25) is 5.95 Å². The van der Waals surface area contributed by atoms with Gasteiger partial charge < -0.3 is 14.5 Å². The third-order valence-electron chi connectivity index (χ3n) is 4.83. The van der Waals surface area contributed by atoms with Gasteiger partial charge in [0, 0.05) is 44.3 Å². The average molecular weight is 378 g/mol. The zero-order valence-corrected chi connectivity index (χ0v) is 15.9. The van der Waals surface area contributed by atoms with Gasteiger partial charge in [-0.05, 0) is 43.3 Å². The first-order valence-corrected chi connectivity index (χ1v) is 9.18. The lowest BCUT2D eigenvalue weighted by Gasteiger charge is -2.34. The van der Waals surface area contributed by atoms with E-state index in [1.54, 1.807) is 30.3 Å². The molecule has 4 rings (SSSR count). The van der Waals surface area contributed by atoms with Crippen molar-refractivity contribution in [2.24, 2.45) is 0 Å². The first-order valence-electron chi connectivity index (χ1n) is 9.18. The van der Waals surface area contributed by atoms with Crippen molar-refractivity contribution in [3.8, 4) is 11.4 Å². The lowest BCUT2D eigenvalue weighted by atomic mass is 10.2. The number of ether oxygens (including phenoxy) is 1. The molecule has 0 saturated carbocycles. The number of carbonyl (C=O) groups excluding carboxylic acids is 1. The minimum absolute atomic E-state index is 0.0519. The number of nitrogens with zero attached hydrogens (tertiary/aromatic N) is 6. The molecule has 0 radical (unpaired) electrons. The predicted octanol–water partition coefficient (Wildman–Crippen LogP) is 1.94. The van der Waals surface area contributed by atoms with Gasteiger partial charge in [-0.25, -0.2) is 14.6 Å². The van der Waals surface area contributed by atoms with Crippen molar-refractivity contribution < 1.29 is 9.53 Å². The third kappa shape index (κ3) is 3.53. The predicted molar refractivity (Wildman–Crippen MR) is 105 cm³/mol. The molecule has 1 aliphatic rings. The summed E-state index contributed by atoms with van der Waals surface area (Å²) in [6.07, 6.45) is 3.46. The number of aromatic nitrogens is 4. The van der Waals surface area contributed by atoms with Crippen LogP contribution >= 0.6 is 0 Å². The molecule has 144 valence electrons. The molecule has 2 aromatic heterocycles. The highest BCUT2D eigenvalue weighted by Gasteiger charge is 2.25. The van der Waals surface area contributed by atoms with Crippen molar-refractivity contribution in [3.05, 3.63) is 60.2 Å². The van der Waals surface area contributed by atoms with Crippen LogP contribution in [0.3, 0.4) is 0 Å². The minimum atomic E-state index is -0.0519. The molecule has 3 heterocycles. The van der Waals surface area contributed by atoms with Crippen molar-refractivity contribution in [2.75, 3.05) is 38.2 Å². The highest BCUT2D eigenvalue weighted by atomic mass is 16.5. The van der Waals surface area contributed by atoms with Crippen molar-refractivity contribution in [1.29, 1.82) is 0 Å². The van der Waals surface area contributed by atoms with Crippen molar-refractivity contribution in [1.82, 2.24) is 24.6 Å². The molecular weight excluding hydrogens is 356 g/mol. The van der Waals surface area contributed by atoms with Crippen LogP contribution in [0, 0.1) is 6.92 Å². The van der Waals surface area contributed by atoms with E-state index in [2.05, 4.69) is 20.0 Å². The molecule has 0 unspecified atom stereocenters. The second-order valence-electron chi connectivity index (χ2n) is 6.61. The molecule has 1 fully saturated rings. The molecule has 1 aliphatic heterocycles. The van der Waals surface area contributed by atoms with Gasteiger partial charge in [0.25, 0.3) is 5.91 Å². The Morgan fingerprint density at radius 3 is 2.36 bits per heavy atom. The maximum atomic E-state index is 12.9. The van der Waals surface area contributed by atoms with Crippen LogP contribution in [0.4, 0.5) is 5.95 Å². The van der Waals surface area contributed by atoms with Crippen molar-refractivity contribution in [2.45, 2.75) is 6.92 Å². The summed E-state index contributed by atoms with van der Waals surface area (Å²) in [6, 6.07) is 11.2. The van der Waals surface area contributed by atoms with E-state index in [0.717, 1.165) is 17.1 Å². The third-order valence-corrected chi connectivity index (χ3v) is 4.83. The average Bonchev–Trinajstić information content (AvgIpc) is 3.15. The zero-order valence-electron chi connectivity index (χ0n) is 15.9. The van der Waals surface area contributed by atoms with Crippen LogP contribution in [-0.4, -0.2) is 63.8 Å². The number of piperazine rings is 1. The van der Waals surface area contributed by atoms with E-state index >= 15 is 0 Å². The number of carbonyl (C=O) groups is 1. The van der Waals surface area contributed by atoms with Gasteiger partial charge in [0.15, 0.2) is 5.69 Å². The summed E-state index contributed by atoms with van der Waals surface area (Å²) in [4.78, 5) is 25.4. The molecule has 0 aliphatic carbocycles. The minimum Gasteiger partial charge on any atom is -0.497 e. The van der Waals surface area contributed by atoms with Crippen LogP contribution in [-0.2, 0) is 0 Å². The number of hydrogen-bond donors (Lipinski definition) is 0. The van der Waals surface area contributed by atoms with Gasteiger partial charge in [0.05, 0.1) is 12.8 Å². The Morgan fingerprint density at radius 2 is 1.71 bits per heavy atom. The molecule has 1 saturated heterocycles. The molecule has 8 nitrogen and oxygen atoms in total. The molecule has 0 atom stereocenters. The number of methoxy groups -OCH3 is 1. The number of anilines is 1. The topological polar surface area (TPSA) is 76.4 Å². The van der Waals surface area contributed by atoms with E-state index in [1.165, 1.54) is 0 Å². The summed E-state index contributed by atoms with van der Waals surface area (Å²) in [6.45, 7) is 4.58. The van der Waals surface area contributed by atoms with Crippen LogP contribution in [0.2, 0.25) is 0 Å². The summed E-state index contributed by atoms with van der Waals surface area (Å²) >= 11 is 0. The Morgan fingerprint density at radius 1 is 1.04 bits per heavy atom. The Bertz CT molecular complexity index is 947. The number of aryl methyl sites for hydroxylation is 1. The van der Waals surface area contributed by atoms with Gasteiger partial charge in [-0.15, -0.1) is 0 Å². The first-order chi connectivity index (χ1) is 13.7. The molecular formula is C20H22N6O2. The second kappa shape index (κ2) is 7.67. The fourth-order valence-electron chi connectivity index (χ4n) is 3.29. The summed E-state index contributed by atoms with van der Waals surface area (Å²) < 4.78 is 6.97. The van der Waals surface area contributed by atoms with E-state index < -0.39 is 0 Å². The molecule has 8 heteroatoms. The van der Waals surface area contributed by atoms with Crippen LogP contribution < -0.4 is 9.64 Å². The molecule has 0 bridgehead atoms. The van der Waals surface area contributed by atoms with E-state index in [9.17, 15) is 4.79 Å². The van der Waals surface area contributed by atoms with Gasteiger partial charge >= 0.3 is 0 Å². The summed E-state index contributed by atoms with van der Waals surface area (Å²) in [5.41, 5.74) is 2.26. The van der Waals surface area contributed by atoms with Crippen molar-refractivity contribution >= 4 is 11.9 Å². The number of benzene rings is 1. The normalized spacial score (nSPS) is 14.2. The number of rotatable bonds is 4. The standard InChI is InChI=1S/C20H22N6O2/c1-15-14-18(23-26(15)16-4-6-17(28-2)7-5-16)19(27)24-10-12-25(13-11-24)20-21-8-3-9-22-20/h3-9,14H,10-13H2,1-2H3. The Hall–Kier alpha value is -3.42. The van der Waals surface area contributed by atoms with Gasteiger partial charge in [-0.3, -0.25) is 4.79 Å². The monoisotopic (exact) mass is 378 g/mol. The number of amides is 1. The molecule has 0 N–H and O–H groups in total. The van der Waals surface area contributed by atoms with E-state index in [4.69, 9.17) is 4.74 Å². The first kappa shape index (κ1) is 18.0. The summed E-state index contributed by atoms with van der Waals surface area (Å²) in [5.74, 6) is 1.43. The smallest absolute Gasteiger partial charge is 0.274 e. The van der Waals surface area contributed by atoms with E-state index in [1.807, 2.05) is 42.2 Å². The Balaban J connectivity index is 1.45. The highest BCUT2D eigenvalue weighted by molar-refractivity contribution is 5.92. The van der Waals surface area contributed by atoms with E-state index in [0.29, 0.717) is 37.8 Å². The fourth-order valence-corrected chi connectivity index (χ4v) is 3.29. The van der Waals surface area contributed by atoms with Crippen LogP contribution in [0.1, 0.15) is 16.2 Å². The fraction of sp³-hybridized carbons (Fsp3) is 0.300.